The average molecular weight is 392 g/mol. The van der Waals surface area contributed by atoms with Crippen molar-refractivity contribution < 1.29 is 9.32 Å². The lowest BCUT2D eigenvalue weighted by molar-refractivity contribution is 0.0944. The van der Waals surface area contributed by atoms with Gasteiger partial charge in [-0.3, -0.25) is 9.59 Å². The molecule has 9 heteroatoms. The standard InChI is InChI=1S/C20H20N6O3/c1-4-26-11-14(17(27)13-8-7-12(2)22-19(13)26)20(28)21-10-16-23-18(24-29-16)15-6-5-9-25(15)3/h5-9,11H,4,10H2,1-3H3,(H,21,28). The first-order valence-electron chi connectivity index (χ1n) is 9.21. The third kappa shape index (κ3) is 3.42. The summed E-state index contributed by atoms with van der Waals surface area (Å²) in [6, 6.07) is 7.20. The number of nitrogens with zero attached hydrogens (tertiary/aromatic N) is 5. The van der Waals surface area contributed by atoms with Gasteiger partial charge in [0.25, 0.3) is 5.91 Å². The van der Waals surface area contributed by atoms with Crippen molar-refractivity contribution in [1.29, 1.82) is 0 Å². The molecule has 0 bridgehead atoms. The Hall–Kier alpha value is -3.75. The van der Waals surface area contributed by atoms with Gasteiger partial charge in [-0.05, 0) is 38.1 Å². The number of amides is 1. The van der Waals surface area contributed by atoms with E-state index < -0.39 is 5.91 Å². The molecule has 29 heavy (non-hydrogen) atoms. The fourth-order valence-electron chi connectivity index (χ4n) is 3.14. The predicted molar refractivity (Wildman–Crippen MR) is 106 cm³/mol. The summed E-state index contributed by atoms with van der Waals surface area (Å²) >= 11 is 0. The molecule has 0 fully saturated rings. The molecule has 4 heterocycles. The van der Waals surface area contributed by atoms with Crippen LogP contribution in [-0.2, 0) is 20.1 Å². The van der Waals surface area contributed by atoms with Gasteiger partial charge in [0.15, 0.2) is 0 Å². The van der Waals surface area contributed by atoms with Crippen molar-refractivity contribution in [2.24, 2.45) is 7.05 Å². The lowest BCUT2D eigenvalue weighted by Crippen LogP contribution is -2.29. The summed E-state index contributed by atoms with van der Waals surface area (Å²) in [5.41, 5.74) is 1.87. The summed E-state index contributed by atoms with van der Waals surface area (Å²) in [5, 5.41) is 7.02. The molecule has 0 aromatic carbocycles. The van der Waals surface area contributed by atoms with Gasteiger partial charge in [-0.25, -0.2) is 4.98 Å². The van der Waals surface area contributed by atoms with E-state index in [1.54, 1.807) is 16.7 Å². The smallest absolute Gasteiger partial charge is 0.257 e. The van der Waals surface area contributed by atoms with E-state index >= 15 is 0 Å². The molecule has 0 saturated heterocycles. The van der Waals surface area contributed by atoms with Gasteiger partial charge in [-0.15, -0.1) is 0 Å². The predicted octanol–water partition coefficient (Wildman–Crippen LogP) is 2.04. The molecule has 0 aliphatic carbocycles. The SMILES string of the molecule is CCn1cc(C(=O)NCc2nc(-c3cccn3C)no2)c(=O)c2ccc(C)nc21. The largest absolute Gasteiger partial charge is 0.348 e. The van der Waals surface area contributed by atoms with Crippen molar-refractivity contribution in [2.45, 2.75) is 26.9 Å². The Kier molecular flexibility index (Phi) is 4.71. The van der Waals surface area contributed by atoms with Crippen molar-refractivity contribution in [3.63, 3.8) is 0 Å². The molecule has 0 unspecified atom stereocenters. The molecule has 1 amide bonds. The molecule has 0 atom stereocenters. The summed E-state index contributed by atoms with van der Waals surface area (Å²) in [7, 11) is 1.88. The summed E-state index contributed by atoms with van der Waals surface area (Å²) < 4.78 is 8.86. The zero-order valence-electron chi connectivity index (χ0n) is 16.3. The van der Waals surface area contributed by atoms with Crippen molar-refractivity contribution >= 4 is 16.9 Å². The van der Waals surface area contributed by atoms with Crippen molar-refractivity contribution in [2.75, 3.05) is 0 Å². The molecular formula is C20H20N6O3. The molecular weight excluding hydrogens is 372 g/mol. The number of carbonyl (C=O) groups excluding carboxylic acids is 1. The Morgan fingerprint density at radius 1 is 1.24 bits per heavy atom. The van der Waals surface area contributed by atoms with Crippen LogP contribution < -0.4 is 10.7 Å². The zero-order valence-corrected chi connectivity index (χ0v) is 16.3. The Bertz CT molecular complexity index is 1270. The number of aryl methyl sites for hydroxylation is 3. The van der Waals surface area contributed by atoms with Crippen LogP contribution >= 0.6 is 0 Å². The molecule has 4 rings (SSSR count). The number of hydrogen-bond acceptors (Lipinski definition) is 6. The number of fused-ring (bicyclic) bond motifs is 1. The van der Waals surface area contributed by atoms with E-state index in [-0.39, 0.29) is 23.4 Å². The summed E-state index contributed by atoms with van der Waals surface area (Å²) in [6.45, 7) is 4.39. The number of rotatable bonds is 5. The molecule has 0 radical (unpaired) electrons. The van der Waals surface area contributed by atoms with Crippen LogP contribution in [0.3, 0.4) is 0 Å². The van der Waals surface area contributed by atoms with E-state index in [1.807, 2.05) is 43.8 Å². The van der Waals surface area contributed by atoms with Gasteiger partial charge in [0.05, 0.1) is 17.6 Å². The van der Waals surface area contributed by atoms with Gasteiger partial charge in [-0.1, -0.05) is 5.16 Å². The highest BCUT2D eigenvalue weighted by atomic mass is 16.5. The molecule has 148 valence electrons. The van der Waals surface area contributed by atoms with Gasteiger partial charge in [0.1, 0.15) is 11.2 Å². The Morgan fingerprint density at radius 2 is 2.07 bits per heavy atom. The summed E-state index contributed by atoms with van der Waals surface area (Å²) in [4.78, 5) is 34.2. The maximum atomic E-state index is 12.8. The van der Waals surface area contributed by atoms with Crippen LogP contribution in [0.25, 0.3) is 22.6 Å². The minimum atomic E-state index is -0.502. The minimum absolute atomic E-state index is 0.0198. The third-order valence-electron chi connectivity index (χ3n) is 4.69. The summed E-state index contributed by atoms with van der Waals surface area (Å²) in [5.74, 6) is 0.184. The number of nitrogens with one attached hydrogen (secondary N) is 1. The second-order valence-electron chi connectivity index (χ2n) is 6.68. The topological polar surface area (TPSA) is 108 Å². The molecule has 4 aromatic rings. The highest BCUT2D eigenvalue weighted by Gasteiger charge is 2.17. The van der Waals surface area contributed by atoms with E-state index in [4.69, 9.17) is 4.52 Å². The molecule has 0 saturated carbocycles. The van der Waals surface area contributed by atoms with Crippen molar-refractivity contribution in [3.05, 3.63) is 64.0 Å². The molecule has 0 aliphatic rings. The molecule has 1 N–H and O–H groups in total. The van der Waals surface area contributed by atoms with Gasteiger partial charge < -0.3 is 19.0 Å². The second kappa shape index (κ2) is 7.34. The maximum Gasteiger partial charge on any atom is 0.257 e. The van der Waals surface area contributed by atoms with Crippen LogP contribution in [-0.4, -0.2) is 30.2 Å². The lowest BCUT2D eigenvalue weighted by Gasteiger charge is -2.11. The Labute approximate surface area is 166 Å². The number of carbonyl (C=O) groups is 1. The van der Waals surface area contributed by atoms with E-state index in [1.165, 1.54) is 6.20 Å². The van der Waals surface area contributed by atoms with Gasteiger partial charge in [0, 0.05) is 31.7 Å². The number of pyridine rings is 2. The van der Waals surface area contributed by atoms with E-state index in [2.05, 4.69) is 20.4 Å². The molecule has 4 aromatic heterocycles. The fourth-order valence-corrected chi connectivity index (χ4v) is 3.14. The van der Waals surface area contributed by atoms with Gasteiger partial charge in [0.2, 0.25) is 17.1 Å². The first-order chi connectivity index (χ1) is 14.0. The quantitative estimate of drug-likeness (QED) is 0.557. The highest BCUT2D eigenvalue weighted by Crippen LogP contribution is 2.15. The van der Waals surface area contributed by atoms with Crippen LogP contribution in [0.15, 0.2) is 46.0 Å². The van der Waals surface area contributed by atoms with Gasteiger partial charge in [-0.2, -0.15) is 4.98 Å². The fraction of sp³-hybridized carbons (Fsp3) is 0.250. The first kappa shape index (κ1) is 18.6. The van der Waals surface area contributed by atoms with E-state index in [0.29, 0.717) is 23.4 Å². The normalized spacial score (nSPS) is 11.1. The van der Waals surface area contributed by atoms with E-state index in [9.17, 15) is 9.59 Å². The number of hydrogen-bond donors (Lipinski definition) is 1. The van der Waals surface area contributed by atoms with Crippen LogP contribution in [0.2, 0.25) is 0 Å². The number of aromatic nitrogens is 5. The first-order valence-corrected chi connectivity index (χ1v) is 9.21. The van der Waals surface area contributed by atoms with Gasteiger partial charge >= 0.3 is 0 Å². The van der Waals surface area contributed by atoms with Crippen molar-refractivity contribution in [1.82, 2.24) is 29.6 Å². The lowest BCUT2D eigenvalue weighted by atomic mass is 10.1. The highest BCUT2D eigenvalue weighted by molar-refractivity contribution is 5.96. The molecule has 0 aliphatic heterocycles. The molecule has 9 nitrogen and oxygen atoms in total. The Balaban J connectivity index is 1.58. The minimum Gasteiger partial charge on any atom is -0.348 e. The monoisotopic (exact) mass is 392 g/mol. The van der Waals surface area contributed by atoms with Crippen LogP contribution in [0, 0.1) is 6.92 Å². The average Bonchev–Trinajstić information content (AvgIpc) is 3.35. The Morgan fingerprint density at radius 3 is 2.79 bits per heavy atom. The summed E-state index contributed by atoms with van der Waals surface area (Å²) in [6.07, 6.45) is 3.41. The van der Waals surface area contributed by atoms with Crippen LogP contribution in [0.1, 0.15) is 28.9 Å². The zero-order chi connectivity index (χ0) is 20.5. The van der Waals surface area contributed by atoms with Crippen LogP contribution in [0.4, 0.5) is 0 Å². The van der Waals surface area contributed by atoms with Crippen LogP contribution in [0.5, 0.6) is 0 Å². The van der Waals surface area contributed by atoms with E-state index in [0.717, 1.165) is 11.4 Å². The van der Waals surface area contributed by atoms with Crippen molar-refractivity contribution in [3.8, 4) is 11.5 Å². The second-order valence-corrected chi connectivity index (χ2v) is 6.68. The maximum absolute atomic E-state index is 12.8. The third-order valence-corrected chi connectivity index (χ3v) is 4.69. The molecule has 0 spiro atoms.